The number of hydrogen-bond acceptors (Lipinski definition) is 6. The molecule has 0 saturated carbocycles. The summed E-state index contributed by atoms with van der Waals surface area (Å²) in [4.78, 5) is 29.2. The van der Waals surface area contributed by atoms with E-state index in [9.17, 15) is 22.9 Å². The Morgan fingerprint density at radius 2 is 1.91 bits per heavy atom. The maximum Gasteiger partial charge on any atom is 0.471 e. The van der Waals surface area contributed by atoms with E-state index in [0.29, 0.717) is 5.56 Å². The Kier molecular flexibility index (Phi) is 4.09. The minimum absolute atomic E-state index is 0.123. The van der Waals surface area contributed by atoms with Gasteiger partial charge in [-0.3, -0.25) is 9.32 Å². The van der Waals surface area contributed by atoms with Crippen LogP contribution in [-0.4, -0.2) is 40.3 Å². The summed E-state index contributed by atoms with van der Waals surface area (Å²) in [7, 11) is -9.29. The van der Waals surface area contributed by atoms with Crippen molar-refractivity contribution < 1.29 is 37.2 Å². The molecule has 0 unspecified atom stereocenters. The highest BCUT2D eigenvalue weighted by Crippen LogP contribution is 2.41. The van der Waals surface area contributed by atoms with Crippen LogP contribution >= 0.6 is 7.82 Å². The van der Waals surface area contributed by atoms with Crippen molar-refractivity contribution in [2.75, 3.05) is 6.73 Å². The maximum absolute atomic E-state index is 12.3. The van der Waals surface area contributed by atoms with Crippen LogP contribution in [0.15, 0.2) is 17.0 Å². The number of amides is 1. The minimum atomic E-state index is -4.94. The number of carbonyl (C=O) groups is 1. The zero-order chi connectivity index (χ0) is 16.9. The highest BCUT2D eigenvalue weighted by molar-refractivity contribution is 7.90. The molecule has 0 aromatic heterocycles. The standard InChI is InChI=1S/C11H14NO8PS/c1-6(2)8-3-7(13)4-9-10(8)11(14)12(22(9,18)19)5-20-21(15,16)17/h3-4,6,13H,5H2,1-2H3,(H2,15,16,17). The lowest BCUT2D eigenvalue weighted by atomic mass is 9.96. The molecule has 9 nitrogen and oxygen atoms in total. The summed E-state index contributed by atoms with van der Waals surface area (Å²) in [6, 6.07) is 2.20. The van der Waals surface area contributed by atoms with Gasteiger partial charge in [-0.25, -0.2) is 17.3 Å². The van der Waals surface area contributed by atoms with Crippen molar-refractivity contribution in [3.05, 3.63) is 23.3 Å². The molecule has 122 valence electrons. The van der Waals surface area contributed by atoms with Crippen LogP contribution in [0.4, 0.5) is 0 Å². The van der Waals surface area contributed by atoms with Crippen molar-refractivity contribution >= 4 is 23.8 Å². The predicted molar refractivity (Wildman–Crippen MR) is 73.5 cm³/mol. The largest absolute Gasteiger partial charge is 0.508 e. The van der Waals surface area contributed by atoms with E-state index in [1.165, 1.54) is 6.07 Å². The second kappa shape index (κ2) is 5.32. The second-order valence-corrected chi connectivity index (χ2v) is 8.04. The molecular weight excluding hydrogens is 337 g/mol. The van der Waals surface area contributed by atoms with Crippen LogP contribution in [-0.2, 0) is 19.1 Å². The minimum Gasteiger partial charge on any atom is -0.508 e. The van der Waals surface area contributed by atoms with Crippen molar-refractivity contribution in [1.29, 1.82) is 0 Å². The van der Waals surface area contributed by atoms with E-state index in [1.807, 2.05) is 0 Å². The molecular formula is C11H14NO8PS. The van der Waals surface area contributed by atoms with E-state index in [2.05, 4.69) is 4.52 Å². The molecule has 0 saturated heterocycles. The highest BCUT2D eigenvalue weighted by Gasteiger charge is 2.44. The Labute approximate surface area is 126 Å². The molecule has 3 N–H and O–H groups in total. The summed E-state index contributed by atoms with van der Waals surface area (Å²) >= 11 is 0. The summed E-state index contributed by atoms with van der Waals surface area (Å²) in [5.74, 6) is -1.52. The van der Waals surface area contributed by atoms with Crippen LogP contribution in [0.1, 0.15) is 35.7 Å². The van der Waals surface area contributed by atoms with Gasteiger partial charge in [0.1, 0.15) is 17.4 Å². The van der Waals surface area contributed by atoms with E-state index < -0.39 is 35.4 Å². The average Bonchev–Trinajstić information content (AvgIpc) is 2.53. The summed E-state index contributed by atoms with van der Waals surface area (Å²) in [6.07, 6.45) is 0. The molecule has 0 aliphatic carbocycles. The Bertz CT molecular complexity index is 782. The van der Waals surface area contributed by atoms with Gasteiger partial charge in [-0.15, -0.1) is 0 Å². The van der Waals surface area contributed by atoms with E-state index in [-0.39, 0.29) is 21.5 Å². The maximum atomic E-state index is 12.3. The van der Waals surface area contributed by atoms with Gasteiger partial charge in [0.15, 0.2) is 0 Å². The lowest BCUT2D eigenvalue weighted by molar-refractivity contribution is 0.0752. The van der Waals surface area contributed by atoms with Gasteiger partial charge in [-0.05, 0) is 17.5 Å². The third-order valence-electron chi connectivity index (χ3n) is 3.09. The summed E-state index contributed by atoms with van der Waals surface area (Å²) in [5.41, 5.74) is 0.198. The fourth-order valence-corrected chi connectivity index (χ4v) is 3.93. The van der Waals surface area contributed by atoms with Crippen molar-refractivity contribution in [2.45, 2.75) is 24.7 Å². The van der Waals surface area contributed by atoms with Crippen LogP contribution in [0.25, 0.3) is 0 Å². The normalized spacial score (nSPS) is 17.1. The molecule has 1 amide bonds. The molecule has 0 spiro atoms. The highest BCUT2D eigenvalue weighted by atomic mass is 32.2. The van der Waals surface area contributed by atoms with Crippen LogP contribution in [0.5, 0.6) is 5.75 Å². The van der Waals surface area contributed by atoms with Crippen LogP contribution in [0, 0.1) is 0 Å². The number of hydrogen-bond donors (Lipinski definition) is 3. The molecule has 1 heterocycles. The van der Waals surface area contributed by atoms with E-state index >= 15 is 0 Å². The van der Waals surface area contributed by atoms with Crippen LogP contribution in [0.3, 0.4) is 0 Å². The zero-order valence-corrected chi connectivity index (χ0v) is 13.3. The lowest BCUT2D eigenvalue weighted by Crippen LogP contribution is -2.32. The molecule has 0 bridgehead atoms. The Hall–Kier alpha value is -1.45. The molecule has 1 aliphatic heterocycles. The van der Waals surface area contributed by atoms with Gasteiger partial charge in [-0.1, -0.05) is 13.8 Å². The number of fused-ring (bicyclic) bond motifs is 1. The third kappa shape index (κ3) is 2.88. The molecule has 22 heavy (non-hydrogen) atoms. The van der Waals surface area contributed by atoms with Crippen LogP contribution in [0.2, 0.25) is 0 Å². The van der Waals surface area contributed by atoms with E-state index in [4.69, 9.17) is 9.79 Å². The smallest absolute Gasteiger partial charge is 0.471 e. The second-order valence-electron chi connectivity index (χ2n) is 4.97. The molecule has 0 fully saturated rings. The molecule has 0 atom stereocenters. The Morgan fingerprint density at radius 1 is 1.32 bits per heavy atom. The zero-order valence-electron chi connectivity index (χ0n) is 11.6. The van der Waals surface area contributed by atoms with Gasteiger partial charge in [0, 0.05) is 6.07 Å². The Balaban J connectivity index is 2.56. The van der Waals surface area contributed by atoms with Gasteiger partial charge in [0.25, 0.3) is 15.9 Å². The van der Waals surface area contributed by atoms with Crippen molar-refractivity contribution in [1.82, 2.24) is 4.31 Å². The number of carbonyl (C=O) groups excluding carboxylic acids is 1. The van der Waals surface area contributed by atoms with E-state index in [1.54, 1.807) is 13.8 Å². The van der Waals surface area contributed by atoms with Crippen molar-refractivity contribution in [3.8, 4) is 5.75 Å². The molecule has 2 rings (SSSR count). The van der Waals surface area contributed by atoms with Gasteiger partial charge in [0.2, 0.25) is 0 Å². The first-order valence-electron chi connectivity index (χ1n) is 6.09. The molecule has 1 aromatic rings. The fraction of sp³-hybridized carbons (Fsp3) is 0.364. The molecule has 0 radical (unpaired) electrons. The lowest BCUT2D eigenvalue weighted by Gasteiger charge is -2.15. The summed E-state index contributed by atoms with van der Waals surface area (Å²) in [5, 5.41) is 9.64. The average molecular weight is 351 g/mol. The first-order chi connectivity index (χ1) is 9.95. The number of sulfonamides is 1. The number of benzene rings is 1. The number of phenols is 1. The Morgan fingerprint density at radius 3 is 2.41 bits per heavy atom. The molecule has 1 aromatic carbocycles. The number of nitrogens with zero attached hydrogens (tertiary/aromatic N) is 1. The first-order valence-corrected chi connectivity index (χ1v) is 9.06. The molecule has 1 aliphatic rings. The topological polar surface area (TPSA) is 141 Å². The third-order valence-corrected chi connectivity index (χ3v) is 5.27. The summed E-state index contributed by atoms with van der Waals surface area (Å²) in [6.45, 7) is 2.31. The first kappa shape index (κ1) is 16.9. The number of aromatic hydroxyl groups is 1. The van der Waals surface area contributed by atoms with Crippen molar-refractivity contribution in [2.24, 2.45) is 0 Å². The molecule has 11 heteroatoms. The number of rotatable bonds is 4. The monoisotopic (exact) mass is 351 g/mol. The van der Waals surface area contributed by atoms with E-state index in [0.717, 1.165) is 6.07 Å². The fourth-order valence-electron chi connectivity index (χ4n) is 2.12. The number of phosphoric ester groups is 1. The predicted octanol–water partition coefficient (Wildman–Crippen LogP) is 0.727. The number of phosphoric acid groups is 1. The SMILES string of the molecule is CC(C)c1cc(O)cc2c1C(=O)N(COP(=O)(O)O)S2(=O)=O. The summed E-state index contributed by atoms with van der Waals surface area (Å²) < 4.78 is 39.6. The van der Waals surface area contributed by atoms with Gasteiger partial charge >= 0.3 is 7.82 Å². The van der Waals surface area contributed by atoms with Gasteiger partial charge < -0.3 is 14.9 Å². The van der Waals surface area contributed by atoms with Gasteiger partial charge in [-0.2, -0.15) is 0 Å². The van der Waals surface area contributed by atoms with Crippen molar-refractivity contribution in [3.63, 3.8) is 0 Å². The number of phenolic OH excluding ortho intramolecular Hbond substituents is 1. The van der Waals surface area contributed by atoms with Crippen LogP contribution < -0.4 is 0 Å². The quantitative estimate of drug-likeness (QED) is 0.674. The van der Waals surface area contributed by atoms with Gasteiger partial charge in [0.05, 0.1) is 5.56 Å².